The highest BCUT2D eigenvalue weighted by Crippen LogP contribution is 2.26. The molecule has 0 amide bonds. The molecule has 2 rings (SSSR count). The fraction of sp³-hybridized carbons (Fsp3) is 0.100. The molecule has 0 bridgehead atoms. The van der Waals surface area contributed by atoms with Gasteiger partial charge in [0.15, 0.2) is 0 Å². The highest BCUT2D eigenvalue weighted by Gasteiger charge is 2.01. The van der Waals surface area contributed by atoms with E-state index in [1.807, 2.05) is 11.4 Å². The summed E-state index contributed by atoms with van der Waals surface area (Å²) in [5.41, 5.74) is 0.960. The number of nitrogens with zero attached hydrogens (tertiary/aromatic N) is 1. The molecule has 78 valence electrons. The van der Waals surface area contributed by atoms with E-state index in [9.17, 15) is 4.39 Å². The summed E-state index contributed by atoms with van der Waals surface area (Å²) in [5.74, 6) is 0.531. The van der Waals surface area contributed by atoms with E-state index in [4.69, 9.17) is 0 Å². The van der Waals surface area contributed by atoms with Gasteiger partial charge in [0.25, 0.3) is 0 Å². The topological polar surface area (TPSA) is 12.9 Å². The molecule has 0 spiro atoms. The van der Waals surface area contributed by atoms with Crippen molar-refractivity contribution in [3.63, 3.8) is 0 Å². The van der Waals surface area contributed by atoms with Gasteiger partial charge in [0.1, 0.15) is 10.2 Å². The predicted molar refractivity (Wildman–Crippen MR) is 65.8 cm³/mol. The number of hydrogen-bond donors (Lipinski definition) is 0. The van der Waals surface area contributed by atoms with Gasteiger partial charge in [0.05, 0.1) is 0 Å². The van der Waals surface area contributed by atoms with Crippen molar-refractivity contribution < 1.29 is 4.39 Å². The van der Waals surface area contributed by atoms with Crippen molar-refractivity contribution in [3.8, 4) is 0 Å². The van der Waals surface area contributed by atoms with E-state index in [0.29, 0.717) is 0 Å². The Kier molecular flexibility index (Phi) is 3.77. The summed E-state index contributed by atoms with van der Waals surface area (Å²) < 4.78 is 14.8. The molecule has 0 unspecified atom stereocenters. The van der Waals surface area contributed by atoms with Gasteiger partial charge in [-0.05, 0) is 23.8 Å². The Morgan fingerprint density at radius 3 is 2.93 bits per heavy atom. The molecule has 0 fully saturated rings. The number of rotatable bonds is 3. The average Bonchev–Trinajstić information content (AvgIpc) is 2.65. The van der Waals surface area contributed by atoms with Crippen LogP contribution in [0.3, 0.4) is 0 Å². The maximum absolute atomic E-state index is 13.0. The Balaban J connectivity index is 2.05. The van der Waals surface area contributed by atoms with Crippen LogP contribution in [0.5, 0.6) is 0 Å². The van der Waals surface area contributed by atoms with E-state index < -0.39 is 0 Å². The van der Waals surface area contributed by atoms with Crippen LogP contribution in [0.4, 0.5) is 4.39 Å². The van der Waals surface area contributed by atoms with E-state index in [1.54, 1.807) is 35.4 Å². The number of halogens is 2. The van der Waals surface area contributed by atoms with Crippen molar-refractivity contribution in [3.05, 3.63) is 45.6 Å². The van der Waals surface area contributed by atoms with E-state index in [-0.39, 0.29) is 5.82 Å². The Morgan fingerprint density at radius 2 is 2.27 bits per heavy atom. The third kappa shape index (κ3) is 3.29. The van der Waals surface area contributed by atoms with E-state index >= 15 is 0 Å². The molecule has 0 saturated carbocycles. The molecular formula is C10H7BrFNS2. The second-order valence-electron chi connectivity index (χ2n) is 2.86. The monoisotopic (exact) mass is 303 g/mol. The van der Waals surface area contributed by atoms with Crippen molar-refractivity contribution in [2.75, 3.05) is 0 Å². The molecule has 2 aromatic rings. The van der Waals surface area contributed by atoms with Gasteiger partial charge in [-0.15, -0.1) is 11.3 Å². The maximum atomic E-state index is 13.0. The van der Waals surface area contributed by atoms with Crippen molar-refractivity contribution in [1.82, 2.24) is 4.98 Å². The number of thiazole rings is 1. The van der Waals surface area contributed by atoms with Crippen LogP contribution < -0.4 is 0 Å². The van der Waals surface area contributed by atoms with Crippen LogP contribution in [0.1, 0.15) is 5.56 Å². The average molecular weight is 304 g/mol. The Morgan fingerprint density at radius 1 is 1.40 bits per heavy atom. The molecule has 15 heavy (non-hydrogen) atoms. The Hall–Kier alpha value is -0.390. The largest absolute Gasteiger partial charge is 0.238 e. The second kappa shape index (κ2) is 5.09. The molecule has 0 radical (unpaired) electrons. The van der Waals surface area contributed by atoms with Gasteiger partial charge in [-0.1, -0.05) is 27.7 Å². The summed E-state index contributed by atoms with van der Waals surface area (Å²) in [6.07, 6.45) is 1.77. The molecule has 5 heteroatoms. The summed E-state index contributed by atoms with van der Waals surface area (Å²) in [5, 5.41) is 1.93. The van der Waals surface area contributed by atoms with Crippen LogP contribution in [-0.4, -0.2) is 4.98 Å². The van der Waals surface area contributed by atoms with Gasteiger partial charge in [-0.3, -0.25) is 0 Å². The zero-order valence-corrected chi connectivity index (χ0v) is 10.8. The van der Waals surface area contributed by atoms with Gasteiger partial charge in [-0.25, -0.2) is 9.37 Å². The smallest absolute Gasteiger partial charge is 0.150 e. The molecule has 0 saturated heterocycles. The molecule has 1 heterocycles. The van der Waals surface area contributed by atoms with E-state index in [0.717, 1.165) is 20.1 Å². The van der Waals surface area contributed by atoms with Crippen LogP contribution in [0.2, 0.25) is 0 Å². The van der Waals surface area contributed by atoms with Crippen LogP contribution in [0, 0.1) is 5.82 Å². The lowest BCUT2D eigenvalue weighted by molar-refractivity contribution is 0.625. The fourth-order valence-electron chi connectivity index (χ4n) is 1.12. The van der Waals surface area contributed by atoms with Gasteiger partial charge in [-0.2, -0.15) is 0 Å². The summed E-state index contributed by atoms with van der Waals surface area (Å²) in [6.45, 7) is 0. The Labute approximate surface area is 104 Å². The number of hydrogen-bond acceptors (Lipinski definition) is 3. The fourth-order valence-corrected chi connectivity index (χ4v) is 3.20. The zero-order chi connectivity index (χ0) is 10.7. The molecule has 1 nitrogen and oxygen atoms in total. The first-order valence-electron chi connectivity index (χ1n) is 4.21. The van der Waals surface area contributed by atoms with Crippen LogP contribution >= 0.6 is 39.0 Å². The molecule has 0 aliphatic heterocycles. The lowest BCUT2D eigenvalue weighted by Crippen LogP contribution is -1.83. The number of thioether (sulfide) groups is 1. The number of benzene rings is 1. The zero-order valence-electron chi connectivity index (χ0n) is 7.61. The Bertz CT molecular complexity index is 424. The van der Waals surface area contributed by atoms with E-state index in [1.165, 1.54) is 6.07 Å². The van der Waals surface area contributed by atoms with Crippen molar-refractivity contribution in [1.29, 1.82) is 0 Å². The maximum Gasteiger partial charge on any atom is 0.150 e. The SMILES string of the molecule is Fc1cc(Br)cc(CSc2nccs2)c1. The highest BCUT2D eigenvalue weighted by molar-refractivity contribution is 9.10. The van der Waals surface area contributed by atoms with Crippen LogP contribution in [0.25, 0.3) is 0 Å². The van der Waals surface area contributed by atoms with Crippen molar-refractivity contribution in [2.24, 2.45) is 0 Å². The summed E-state index contributed by atoms with van der Waals surface area (Å²) >= 11 is 6.48. The van der Waals surface area contributed by atoms with Gasteiger partial charge >= 0.3 is 0 Å². The minimum atomic E-state index is -0.209. The normalized spacial score (nSPS) is 10.5. The predicted octanol–water partition coefficient (Wildman–Crippen LogP) is 4.34. The molecule has 0 N–H and O–H groups in total. The summed E-state index contributed by atoms with van der Waals surface area (Å²) in [4.78, 5) is 4.15. The second-order valence-corrected chi connectivity index (χ2v) is 5.90. The molecular weight excluding hydrogens is 297 g/mol. The first-order valence-corrected chi connectivity index (χ1v) is 6.87. The highest BCUT2D eigenvalue weighted by atomic mass is 79.9. The van der Waals surface area contributed by atoms with E-state index in [2.05, 4.69) is 20.9 Å². The van der Waals surface area contributed by atoms with Gasteiger partial charge in [0.2, 0.25) is 0 Å². The van der Waals surface area contributed by atoms with Crippen molar-refractivity contribution in [2.45, 2.75) is 10.1 Å². The summed E-state index contributed by atoms with van der Waals surface area (Å²) in [7, 11) is 0. The minimum Gasteiger partial charge on any atom is -0.238 e. The quantitative estimate of drug-likeness (QED) is 0.783. The standard InChI is InChI=1S/C10H7BrFNS2/c11-8-3-7(4-9(12)5-8)6-15-10-13-1-2-14-10/h1-5H,6H2. The molecule has 0 aliphatic rings. The first kappa shape index (κ1) is 11.1. The van der Waals surface area contributed by atoms with Gasteiger partial charge in [0, 0.05) is 21.8 Å². The van der Waals surface area contributed by atoms with Gasteiger partial charge < -0.3 is 0 Å². The number of aromatic nitrogens is 1. The molecule has 1 aromatic carbocycles. The lowest BCUT2D eigenvalue weighted by atomic mass is 10.2. The molecule has 0 aliphatic carbocycles. The first-order chi connectivity index (χ1) is 7.24. The minimum absolute atomic E-state index is 0.209. The van der Waals surface area contributed by atoms with Crippen LogP contribution in [0.15, 0.2) is 38.6 Å². The van der Waals surface area contributed by atoms with Crippen molar-refractivity contribution >= 4 is 39.0 Å². The molecule has 0 atom stereocenters. The van der Waals surface area contributed by atoms with Crippen LogP contribution in [-0.2, 0) is 5.75 Å². The third-order valence-corrected chi connectivity index (χ3v) is 4.19. The lowest BCUT2D eigenvalue weighted by Gasteiger charge is -2.00. The summed E-state index contributed by atoms with van der Waals surface area (Å²) in [6, 6.07) is 4.92. The third-order valence-electron chi connectivity index (χ3n) is 1.69. The molecule has 1 aromatic heterocycles.